The highest BCUT2D eigenvalue weighted by atomic mass is 32.2. The van der Waals surface area contributed by atoms with Gasteiger partial charge in [-0.3, -0.25) is 9.20 Å². The number of carbonyl (C=O) groups excluding carboxylic acids is 1. The average molecular weight is 339 g/mol. The number of thioether (sulfide) groups is 1. The first-order valence-corrected chi connectivity index (χ1v) is 8.71. The minimum atomic E-state index is -0.279. The zero-order valence-electron chi connectivity index (χ0n) is 13.6. The molecule has 3 aromatic rings. The maximum Gasteiger partial charge on any atom is 0.316 e. The van der Waals surface area contributed by atoms with Crippen LogP contribution >= 0.6 is 11.8 Å². The first-order chi connectivity index (χ1) is 11.7. The Labute approximate surface area is 144 Å². The maximum atomic E-state index is 11.5. The van der Waals surface area contributed by atoms with E-state index in [0.29, 0.717) is 11.2 Å². The van der Waals surface area contributed by atoms with Crippen molar-refractivity contribution in [3.8, 4) is 6.07 Å². The highest BCUT2D eigenvalue weighted by Gasteiger charge is 2.17. The quantitative estimate of drug-likeness (QED) is 0.525. The van der Waals surface area contributed by atoms with Gasteiger partial charge in [0, 0.05) is 0 Å². The monoisotopic (exact) mass is 339 g/mol. The Morgan fingerprint density at radius 3 is 2.92 bits per heavy atom. The normalized spacial score (nSPS) is 10.9. The Morgan fingerprint density at radius 2 is 2.21 bits per heavy atom. The molecule has 0 atom stereocenters. The summed E-state index contributed by atoms with van der Waals surface area (Å²) in [6.07, 6.45) is 1.74. The third-order valence-electron chi connectivity index (χ3n) is 3.82. The van der Waals surface area contributed by atoms with Crippen molar-refractivity contribution in [3.63, 3.8) is 0 Å². The Bertz CT molecular complexity index is 956. The molecule has 3 rings (SSSR count). The Morgan fingerprint density at radius 1 is 1.42 bits per heavy atom. The number of nitriles is 1. The minimum absolute atomic E-state index is 0.218. The van der Waals surface area contributed by atoms with Gasteiger partial charge in [-0.2, -0.15) is 5.26 Å². The van der Waals surface area contributed by atoms with Gasteiger partial charge in [-0.05, 0) is 30.2 Å². The van der Waals surface area contributed by atoms with E-state index in [0.717, 1.165) is 34.5 Å². The molecule has 5 nitrogen and oxygen atoms in total. The average Bonchev–Trinajstić information content (AvgIpc) is 2.99. The van der Waals surface area contributed by atoms with Crippen molar-refractivity contribution in [2.75, 3.05) is 12.9 Å². The fourth-order valence-electron chi connectivity index (χ4n) is 2.73. The first kappa shape index (κ1) is 16.3. The zero-order chi connectivity index (χ0) is 17.1. The van der Waals surface area contributed by atoms with Gasteiger partial charge in [0.1, 0.15) is 6.07 Å². The van der Waals surface area contributed by atoms with Gasteiger partial charge in [-0.15, -0.1) is 0 Å². The number of imidazole rings is 1. The fourth-order valence-corrected chi connectivity index (χ4v) is 3.66. The smallest absolute Gasteiger partial charge is 0.316 e. The molecular formula is C18H17N3O2S. The van der Waals surface area contributed by atoms with Gasteiger partial charge in [-0.1, -0.05) is 37.2 Å². The summed E-state index contributed by atoms with van der Waals surface area (Å²) in [5, 5.41) is 10.5. The van der Waals surface area contributed by atoms with E-state index in [1.807, 2.05) is 34.7 Å². The van der Waals surface area contributed by atoms with Gasteiger partial charge in [0.2, 0.25) is 0 Å². The minimum Gasteiger partial charge on any atom is -0.468 e. The summed E-state index contributed by atoms with van der Waals surface area (Å²) < 4.78 is 6.70. The molecule has 0 unspecified atom stereocenters. The molecule has 0 saturated heterocycles. The number of esters is 1. The van der Waals surface area contributed by atoms with Gasteiger partial charge in [0.15, 0.2) is 5.65 Å². The van der Waals surface area contributed by atoms with E-state index in [2.05, 4.69) is 18.0 Å². The largest absolute Gasteiger partial charge is 0.468 e. The molecule has 0 aliphatic heterocycles. The van der Waals surface area contributed by atoms with Crippen molar-refractivity contribution in [1.29, 1.82) is 5.26 Å². The number of fused-ring (bicyclic) bond motifs is 3. The highest BCUT2D eigenvalue weighted by Crippen LogP contribution is 2.30. The summed E-state index contributed by atoms with van der Waals surface area (Å²) in [5.41, 5.74) is 3.99. The molecule has 6 heteroatoms. The summed E-state index contributed by atoms with van der Waals surface area (Å²) in [6.45, 7) is 2.08. The summed E-state index contributed by atoms with van der Waals surface area (Å²) in [7, 11) is 1.38. The van der Waals surface area contributed by atoms with Crippen LogP contribution in [-0.2, 0) is 16.0 Å². The number of hydrogen-bond donors (Lipinski definition) is 0. The van der Waals surface area contributed by atoms with E-state index < -0.39 is 0 Å². The predicted octanol–water partition coefficient (Wildman–Crippen LogP) is 3.58. The SMILES string of the molecule is CCCc1cc(SCC(=O)OC)n2c(nc3ccccc32)c1C#N. The number of methoxy groups -OCH3 is 1. The molecule has 0 radical (unpaired) electrons. The van der Waals surface area contributed by atoms with Gasteiger partial charge >= 0.3 is 5.97 Å². The second-order valence-corrected chi connectivity index (χ2v) is 6.36. The molecule has 0 aliphatic carbocycles. The number of rotatable bonds is 5. The zero-order valence-corrected chi connectivity index (χ0v) is 14.4. The Kier molecular flexibility index (Phi) is 4.72. The van der Waals surface area contributed by atoms with Crippen molar-refractivity contribution in [3.05, 3.63) is 41.5 Å². The summed E-state index contributed by atoms with van der Waals surface area (Å²) in [6, 6.07) is 12.1. The second kappa shape index (κ2) is 6.93. The lowest BCUT2D eigenvalue weighted by atomic mass is 10.1. The van der Waals surface area contributed by atoms with E-state index in [-0.39, 0.29) is 11.7 Å². The molecule has 24 heavy (non-hydrogen) atoms. The molecule has 0 spiro atoms. The van der Waals surface area contributed by atoms with Crippen LogP contribution in [0, 0.1) is 11.3 Å². The summed E-state index contributed by atoms with van der Waals surface area (Å²) >= 11 is 1.40. The number of aryl methyl sites for hydroxylation is 1. The van der Waals surface area contributed by atoms with E-state index >= 15 is 0 Å². The molecule has 0 fully saturated rings. The van der Waals surface area contributed by atoms with Crippen LogP contribution < -0.4 is 0 Å². The number of benzene rings is 1. The Balaban J connectivity index is 2.27. The number of para-hydroxylation sites is 2. The van der Waals surface area contributed by atoms with E-state index in [1.165, 1.54) is 18.9 Å². The van der Waals surface area contributed by atoms with Crippen LogP contribution in [0.1, 0.15) is 24.5 Å². The van der Waals surface area contributed by atoms with Crippen molar-refractivity contribution in [2.24, 2.45) is 0 Å². The number of hydrogen-bond acceptors (Lipinski definition) is 5. The molecule has 122 valence electrons. The maximum absolute atomic E-state index is 11.5. The van der Waals surface area contributed by atoms with Crippen LogP contribution in [0.15, 0.2) is 35.4 Å². The third kappa shape index (κ3) is 2.83. The lowest BCUT2D eigenvalue weighted by Gasteiger charge is -2.11. The number of carbonyl (C=O) groups is 1. The van der Waals surface area contributed by atoms with Crippen LogP contribution in [-0.4, -0.2) is 28.2 Å². The van der Waals surface area contributed by atoms with Crippen molar-refractivity contribution in [2.45, 2.75) is 24.8 Å². The molecule has 0 amide bonds. The van der Waals surface area contributed by atoms with Gasteiger partial charge < -0.3 is 4.74 Å². The molecule has 1 aromatic carbocycles. The molecule has 0 saturated carbocycles. The lowest BCUT2D eigenvalue weighted by molar-refractivity contribution is -0.137. The van der Waals surface area contributed by atoms with Crippen molar-refractivity contribution < 1.29 is 9.53 Å². The first-order valence-electron chi connectivity index (χ1n) is 7.72. The van der Waals surface area contributed by atoms with Crippen LogP contribution in [0.3, 0.4) is 0 Å². The predicted molar refractivity (Wildman–Crippen MR) is 94.1 cm³/mol. The summed E-state index contributed by atoms with van der Waals surface area (Å²) in [4.78, 5) is 16.2. The van der Waals surface area contributed by atoms with Crippen LogP contribution in [0.2, 0.25) is 0 Å². The number of nitrogens with zero attached hydrogens (tertiary/aromatic N) is 3. The van der Waals surface area contributed by atoms with E-state index in [1.54, 1.807) is 0 Å². The van der Waals surface area contributed by atoms with Crippen LogP contribution in [0.4, 0.5) is 0 Å². The van der Waals surface area contributed by atoms with Gasteiger partial charge in [0.25, 0.3) is 0 Å². The fraction of sp³-hybridized carbons (Fsp3) is 0.278. The van der Waals surface area contributed by atoms with Crippen molar-refractivity contribution in [1.82, 2.24) is 9.38 Å². The lowest BCUT2D eigenvalue weighted by Crippen LogP contribution is -2.05. The molecule has 2 aromatic heterocycles. The topological polar surface area (TPSA) is 67.4 Å². The summed E-state index contributed by atoms with van der Waals surface area (Å²) in [5.74, 6) is -0.0609. The van der Waals surface area contributed by atoms with E-state index in [4.69, 9.17) is 4.74 Å². The standard InChI is InChI=1S/C18H17N3O2S/c1-3-6-12-9-16(24-11-17(22)23-2)21-15-8-5-4-7-14(15)20-18(21)13(12)10-19/h4-5,7-9H,3,6,11H2,1-2H3. The van der Waals surface area contributed by atoms with Gasteiger partial charge in [-0.25, -0.2) is 4.98 Å². The highest BCUT2D eigenvalue weighted by molar-refractivity contribution is 7.99. The van der Waals surface area contributed by atoms with Gasteiger partial charge in [0.05, 0.1) is 34.5 Å². The molecule has 2 heterocycles. The second-order valence-electron chi connectivity index (χ2n) is 5.37. The molecule has 0 N–H and O–H groups in total. The van der Waals surface area contributed by atoms with E-state index in [9.17, 15) is 10.1 Å². The number of aromatic nitrogens is 2. The molecular weight excluding hydrogens is 322 g/mol. The Hall–Kier alpha value is -2.52. The third-order valence-corrected chi connectivity index (χ3v) is 4.80. The number of ether oxygens (including phenoxy) is 1. The number of pyridine rings is 1. The van der Waals surface area contributed by atoms with Crippen LogP contribution in [0.25, 0.3) is 16.7 Å². The molecule has 0 aliphatic rings. The van der Waals surface area contributed by atoms with Crippen LogP contribution in [0.5, 0.6) is 0 Å². The molecule has 0 bridgehead atoms. The van der Waals surface area contributed by atoms with Crippen molar-refractivity contribution >= 4 is 34.4 Å².